The van der Waals surface area contributed by atoms with Gasteiger partial charge in [-0.15, -0.1) is 5.10 Å². The molecule has 4 heterocycles. The predicted octanol–water partition coefficient (Wildman–Crippen LogP) is 9.40. The van der Waals surface area contributed by atoms with Crippen LogP contribution in [0, 0.1) is 18.6 Å². The van der Waals surface area contributed by atoms with E-state index in [4.69, 9.17) is 0 Å². The number of nitrogens with one attached hydrogen (secondary N) is 2. The van der Waals surface area contributed by atoms with Gasteiger partial charge in [-0.05, 0) is 100 Å². The van der Waals surface area contributed by atoms with Crippen LogP contribution in [0.15, 0.2) is 66.9 Å². The Morgan fingerprint density at radius 3 is 2.36 bits per heavy atom. The topological polar surface area (TPSA) is 100 Å². The van der Waals surface area contributed by atoms with Gasteiger partial charge in [0.2, 0.25) is 11.8 Å². The van der Waals surface area contributed by atoms with Crippen molar-refractivity contribution in [3.8, 4) is 11.3 Å². The summed E-state index contributed by atoms with van der Waals surface area (Å²) in [6.07, 6.45) is -2.57. The van der Waals surface area contributed by atoms with Gasteiger partial charge < -0.3 is 5.32 Å². The fraction of sp³-hybridized carbons (Fsp3) is 0.357. The number of anilines is 1. The van der Waals surface area contributed by atoms with Gasteiger partial charge in [-0.2, -0.15) is 5.10 Å². The third-order valence-electron chi connectivity index (χ3n) is 11.3. The van der Waals surface area contributed by atoms with Crippen molar-refractivity contribution in [2.75, 3.05) is 18.4 Å². The molecule has 0 saturated carbocycles. The average molecular weight is 775 g/mol. The molecule has 2 atom stereocenters. The number of nitrogens with zero attached hydrogens (tertiary/aromatic N) is 4. The Morgan fingerprint density at radius 2 is 1.64 bits per heavy atom. The highest BCUT2D eigenvalue weighted by Gasteiger charge is 2.41. The van der Waals surface area contributed by atoms with Gasteiger partial charge in [-0.25, -0.2) is 26.3 Å². The first-order chi connectivity index (χ1) is 26.7. The maximum absolute atomic E-state index is 15.3. The number of hydrogen-bond acceptors (Lipinski definition) is 7. The molecule has 8 nitrogen and oxygen atoms in total. The standard InChI is InChI=1S/C42H40F6N6O2/c1-22(28-5-4-6-30(37(28)44)38(45)46)50-40-32-19-35(49-20-33(32)23(2)52-53-40)25-7-10-34(43)26(17-25)21-54-15-12-24(13-16-54)29-9-8-27(18-31(29)39(47)48)42(3)14-11-36(55)51-41(42)56/h4-10,17-20,22,24,38-39H,11-16,21H2,1-3H3,(H,50,53)(H,51,55,56)/t22-,42-/m1/s1. The molecule has 14 heteroatoms. The molecule has 2 saturated heterocycles. The molecule has 292 valence electrons. The summed E-state index contributed by atoms with van der Waals surface area (Å²) < 4.78 is 86.0. The number of carbonyl (C=O) groups excluding carboxylic acids is 2. The van der Waals surface area contributed by atoms with Crippen molar-refractivity contribution in [1.82, 2.24) is 25.4 Å². The summed E-state index contributed by atoms with van der Waals surface area (Å²) in [6, 6.07) is 14.4. The number of aryl methyl sites for hydroxylation is 1. The van der Waals surface area contributed by atoms with E-state index in [0.717, 1.165) is 6.07 Å². The minimum atomic E-state index is -2.97. The van der Waals surface area contributed by atoms with Gasteiger partial charge in [0.05, 0.1) is 28.4 Å². The maximum Gasteiger partial charge on any atom is 0.266 e. The number of fused-ring (bicyclic) bond motifs is 1. The molecule has 2 aliphatic rings. The molecule has 2 aliphatic heterocycles. The van der Waals surface area contributed by atoms with Crippen molar-refractivity contribution in [1.29, 1.82) is 0 Å². The molecular formula is C42H40F6N6O2. The molecule has 2 fully saturated rings. The highest BCUT2D eigenvalue weighted by Crippen LogP contribution is 2.40. The summed E-state index contributed by atoms with van der Waals surface area (Å²) in [5, 5.41) is 15.2. The Kier molecular flexibility index (Phi) is 10.9. The number of hydrogen-bond donors (Lipinski definition) is 2. The summed E-state index contributed by atoms with van der Waals surface area (Å²) in [7, 11) is 0. The number of likely N-dealkylation sites (tertiary alicyclic amines) is 1. The highest BCUT2D eigenvalue weighted by atomic mass is 19.3. The van der Waals surface area contributed by atoms with E-state index in [1.54, 1.807) is 57.3 Å². The maximum atomic E-state index is 15.3. The molecule has 7 rings (SSSR count). The second kappa shape index (κ2) is 15.6. The third-order valence-corrected chi connectivity index (χ3v) is 11.3. The smallest absolute Gasteiger partial charge is 0.266 e. The lowest BCUT2D eigenvalue weighted by molar-refractivity contribution is -0.137. The van der Waals surface area contributed by atoms with E-state index >= 15 is 4.39 Å². The Bertz CT molecular complexity index is 2310. The summed E-state index contributed by atoms with van der Waals surface area (Å²) in [5.41, 5.74) is 1.32. The number of carbonyl (C=O) groups is 2. The number of halogens is 6. The summed E-state index contributed by atoms with van der Waals surface area (Å²) >= 11 is 0. The van der Waals surface area contributed by atoms with Crippen LogP contribution >= 0.6 is 0 Å². The van der Waals surface area contributed by atoms with Gasteiger partial charge in [0, 0.05) is 52.2 Å². The van der Waals surface area contributed by atoms with Crippen LogP contribution < -0.4 is 10.6 Å². The SMILES string of the molecule is Cc1nnc(N[C@H](C)c2cccc(C(F)F)c2F)c2cc(-c3ccc(F)c(CN4CCC(c5ccc([C@@]6(C)CCC(=O)NC6=O)cc5C(F)F)CC4)c3)ncc12. The highest BCUT2D eigenvalue weighted by molar-refractivity contribution is 6.03. The fourth-order valence-electron chi connectivity index (χ4n) is 7.85. The van der Waals surface area contributed by atoms with Crippen molar-refractivity contribution >= 4 is 28.4 Å². The van der Waals surface area contributed by atoms with Crippen LogP contribution in [0.1, 0.15) is 103 Å². The quantitative estimate of drug-likeness (QED) is 0.108. The lowest BCUT2D eigenvalue weighted by Gasteiger charge is -2.35. The first kappa shape index (κ1) is 38.9. The lowest BCUT2D eigenvalue weighted by Crippen LogP contribution is -2.49. The Balaban J connectivity index is 1.07. The molecule has 2 aromatic heterocycles. The normalized spacial score (nSPS) is 18.8. The van der Waals surface area contributed by atoms with Crippen LogP contribution in [-0.4, -0.2) is 45.0 Å². The van der Waals surface area contributed by atoms with Crippen molar-refractivity contribution in [3.05, 3.63) is 118 Å². The van der Waals surface area contributed by atoms with Crippen molar-refractivity contribution in [3.63, 3.8) is 0 Å². The van der Waals surface area contributed by atoms with E-state index in [2.05, 4.69) is 30.7 Å². The number of piperidine rings is 2. The molecule has 5 aromatic rings. The molecule has 3 aromatic carbocycles. The van der Waals surface area contributed by atoms with E-state index in [9.17, 15) is 31.5 Å². The first-order valence-electron chi connectivity index (χ1n) is 18.5. The van der Waals surface area contributed by atoms with Crippen molar-refractivity contribution < 1.29 is 35.9 Å². The molecule has 0 spiro atoms. The van der Waals surface area contributed by atoms with E-state index in [-0.39, 0.29) is 42.3 Å². The summed E-state index contributed by atoms with van der Waals surface area (Å²) in [6.45, 7) is 6.43. The Labute approximate surface area is 319 Å². The number of benzene rings is 3. The van der Waals surface area contributed by atoms with Gasteiger partial charge >= 0.3 is 0 Å². The number of rotatable bonds is 10. The zero-order valence-electron chi connectivity index (χ0n) is 31.0. The molecule has 0 bridgehead atoms. The number of alkyl halides is 4. The van der Waals surface area contributed by atoms with Gasteiger partial charge in [0.25, 0.3) is 12.9 Å². The number of aromatic nitrogens is 3. The minimum absolute atomic E-state index is 0.0476. The molecule has 0 aliphatic carbocycles. The zero-order chi connectivity index (χ0) is 39.9. The van der Waals surface area contributed by atoms with Crippen molar-refractivity contribution in [2.45, 2.75) is 83.2 Å². The van der Waals surface area contributed by atoms with E-state index in [1.807, 2.05) is 0 Å². The molecule has 0 radical (unpaired) electrons. The molecule has 2 amide bonds. The zero-order valence-corrected chi connectivity index (χ0v) is 31.0. The van der Waals surface area contributed by atoms with Crippen LogP contribution in [0.3, 0.4) is 0 Å². The van der Waals surface area contributed by atoms with Crippen molar-refractivity contribution in [2.24, 2.45) is 0 Å². The minimum Gasteiger partial charge on any atom is -0.361 e. The van der Waals surface area contributed by atoms with Crippen LogP contribution in [-0.2, 0) is 21.5 Å². The molecule has 2 N–H and O–H groups in total. The van der Waals surface area contributed by atoms with Gasteiger partial charge in [0.15, 0.2) is 5.82 Å². The van der Waals surface area contributed by atoms with E-state index in [0.29, 0.717) is 76.2 Å². The molecule has 0 unspecified atom stereocenters. The fourth-order valence-corrected chi connectivity index (χ4v) is 7.85. The van der Waals surface area contributed by atoms with Crippen LogP contribution in [0.5, 0.6) is 0 Å². The average Bonchev–Trinajstić information content (AvgIpc) is 3.18. The number of imide groups is 1. The van der Waals surface area contributed by atoms with E-state index in [1.165, 1.54) is 24.3 Å². The monoisotopic (exact) mass is 774 g/mol. The largest absolute Gasteiger partial charge is 0.361 e. The summed E-state index contributed by atoms with van der Waals surface area (Å²) in [4.78, 5) is 31.1. The third kappa shape index (κ3) is 7.58. The molecule has 56 heavy (non-hydrogen) atoms. The van der Waals surface area contributed by atoms with Crippen LogP contribution in [0.2, 0.25) is 0 Å². The second-order valence-electron chi connectivity index (χ2n) is 14.9. The predicted molar refractivity (Wildman–Crippen MR) is 199 cm³/mol. The molecular weight excluding hydrogens is 734 g/mol. The number of pyridine rings is 1. The van der Waals surface area contributed by atoms with Crippen LogP contribution in [0.25, 0.3) is 22.0 Å². The number of amides is 2. The second-order valence-corrected chi connectivity index (χ2v) is 14.9. The first-order valence-corrected chi connectivity index (χ1v) is 18.5. The summed E-state index contributed by atoms with van der Waals surface area (Å²) in [5.74, 6) is -2.12. The van der Waals surface area contributed by atoms with Gasteiger partial charge in [0.1, 0.15) is 11.6 Å². The van der Waals surface area contributed by atoms with E-state index < -0.39 is 47.4 Å². The van der Waals surface area contributed by atoms with Gasteiger partial charge in [-0.1, -0.05) is 30.3 Å². The Morgan fingerprint density at radius 1 is 0.911 bits per heavy atom. The Hall–Kier alpha value is -5.37. The lowest BCUT2D eigenvalue weighted by atomic mass is 9.74. The van der Waals surface area contributed by atoms with Crippen LogP contribution in [0.4, 0.5) is 32.2 Å². The van der Waals surface area contributed by atoms with Gasteiger partial charge in [-0.3, -0.25) is 24.8 Å².